The van der Waals surface area contributed by atoms with Crippen LogP contribution in [-0.4, -0.2) is 23.9 Å². The molecule has 1 amide bonds. The third-order valence-corrected chi connectivity index (χ3v) is 3.31. The summed E-state index contributed by atoms with van der Waals surface area (Å²) in [5.41, 5.74) is 0.298. The molecule has 1 heterocycles. The van der Waals surface area contributed by atoms with Gasteiger partial charge >= 0.3 is 0 Å². The van der Waals surface area contributed by atoms with Crippen LogP contribution in [0, 0.1) is 23.7 Å². The molecular formula is C13H21NO. The van der Waals surface area contributed by atoms with E-state index in [1.807, 2.05) is 4.90 Å². The van der Waals surface area contributed by atoms with Crippen molar-refractivity contribution < 1.29 is 4.79 Å². The molecule has 0 bridgehead atoms. The average Bonchev–Trinajstić information content (AvgIpc) is 2.29. The molecule has 0 aromatic carbocycles. The number of likely N-dealkylation sites (tertiary alicyclic amines) is 1. The first-order valence-corrected chi connectivity index (χ1v) is 5.66. The highest BCUT2D eigenvalue weighted by atomic mass is 16.2. The highest BCUT2D eigenvalue weighted by molar-refractivity contribution is 5.76. The van der Waals surface area contributed by atoms with Crippen LogP contribution < -0.4 is 0 Å². The Morgan fingerprint density at radius 1 is 1.47 bits per heavy atom. The second-order valence-corrected chi connectivity index (χ2v) is 5.41. The first kappa shape index (κ1) is 12.1. The van der Waals surface area contributed by atoms with Gasteiger partial charge in [0, 0.05) is 13.0 Å². The van der Waals surface area contributed by atoms with E-state index in [1.165, 1.54) is 0 Å². The van der Waals surface area contributed by atoms with E-state index in [9.17, 15) is 4.79 Å². The van der Waals surface area contributed by atoms with E-state index < -0.39 is 0 Å². The van der Waals surface area contributed by atoms with Crippen LogP contribution in [0.4, 0.5) is 0 Å². The average molecular weight is 207 g/mol. The van der Waals surface area contributed by atoms with Crippen LogP contribution in [0.2, 0.25) is 0 Å². The highest BCUT2D eigenvalue weighted by Gasteiger charge is 2.29. The zero-order chi connectivity index (χ0) is 11.5. The van der Waals surface area contributed by atoms with Gasteiger partial charge in [-0.2, -0.15) is 0 Å². The normalized spacial score (nSPS) is 23.5. The summed E-state index contributed by atoms with van der Waals surface area (Å²) in [7, 11) is 0. The third kappa shape index (κ3) is 3.27. The van der Waals surface area contributed by atoms with Crippen LogP contribution >= 0.6 is 0 Å². The smallest absolute Gasteiger partial charge is 0.223 e. The molecule has 1 unspecified atom stereocenters. The second kappa shape index (κ2) is 4.70. The Bertz CT molecular complexity index is 269. The summed E-state index contributed by atoms with van der Waals surface area (Å²) in [5.74, 6) is 3.41. The molecule has 0 radical (unpaired) electrons. The molecule has 0 spiro atoms. The molecule has 1 atom stereocenters. The van der Waals surface area contributed by atoms with Crippen LogP contribution in [-0.2, 0) is 4.79 Å². The van der Waals surface area contributed by atoms with E-state index in [1.54, 1.807) is 0 Å². The summed E-state index contributed by atoms with van der Waals surface area (Å²) in [5, 5.41) is 0. The summed E-state index contributed by atoms with van der Waals surface area (Å²) in [4.78, 5) is 13.5. The topological polar surface area (TPSA) is 20.3 Å². The quantitative estimate of drug-likeness (QED) is 0.604. The predicted molar refractivity (Wildman–Crippen MR) is 62.2 cm³/mol. The van der Waals surface area contributed by atoms with Crippen LogP contribution in [0.15, 0.2) is 0 Å². The summed E-state index contributed by atoms with van der Waals surface area (Å²) < 4.78 is 0. The van der Waals surface area contributed by atoms with E-state index in [0.29, 0.717) is 24.3 Å². The standard InChI is InChI=1S/C13H21NO/c1-5-9-14-10-8-11(13(2,3)4)6-7-12(14)15/h1,11H,6-10H2,2-4H3. The van der Waals surface area contributed by atoms with E-state index in [2.05, 4.69) is 26.7 Å². The fourth-order valence-corrected chi connectivity index (χ4v) is 2.18. The lowest BCUT2D eigenvalue weighted by atomic mass is 9.77. The molecule has 1 saturated heterocycles. The summed E-state index contributed by atoms with van der Waals surface area (Å²) in [6.45, 7) is 8.04. The zero-order valence-electron chi connectivity index (χ0n) is 10.0. The zero-order valence-corrected chi connectivity index (χ0v) is 10.0. The first-order chi connectivity index (χ1) is 6.95. The molecular weight excluding hydrogens is 186 g/mol. The second-order valence-electron chi connectivity index (χ2n) is 5.41. The Kier molecular flexibility index (Phi) is 3.79. The number of hydrogen-bond acceptors (Lipinski definition) is 1. The maximum absolute atomic E-state index is 11.7. The highest BCUT2D eigenvalue weighted by Crippen LogP contribution is 2.34. The van der Waals surface area contributed by atoms with E-state index >= 15 is 0 Å². The van der Waals surface area contributed by atoms with Crippen LogP contribution in [0.25, 0.3) is 0 Å². The van der Waals surface area contributed by atoms with Crippen molar-refractivity contribution >= 4 is 5.91 Å². The third-order valence-electron chi connectivity index (χ3n) is 3.31. The Hall–Kier alpha value is -0.970. The summed E-state index contributed by atoms with van der Waals surface area (Å²) in [6, 6.07) is 0. The minimum Gasteiger partial charge on any atom is -0.332 e. The number of hydrogen-bond donors (Lipinski definition) is 0. The van der Waals surface area contributed by atoms with Crippen molar-refractivity contribution in [3.8, 4) is 12.3 Å². The fraction of sp³-hybridized carbons (Fsp3) is 0.769. The van der Waals surface area contributed by atoms with Gasteiger partial charge in [0.15, 0.2) is 0 Å². The number of carbonyl (C=O) groups excluding carboxylic acids is 1. The SMILES string of the molecule is C#CCN1CCC(C(C)(C)C)CCC1=O. The lowest BCUT2D eigenvalue weighted by Gasteiger charge is -2.29. The van der Waals surface area contributed by atoms with Crippen molar-refractivity contribution in [2.45, 2.75) is 40.0 Å². The van der Waals surface area contributed by atoms with Crippen molar-refractivity contribution in [1.29, 1.82) is 0 Å². The molecule has 15 heavy (non-hydrogen) atoms. The number of rotatable bonds is 1. The summed E-state index contributed by atoms with van der Waals surface area (Å²) >= 11 is 0. The van der Waals surface area contributed by atoms with Gasteiger partial charge in [-0.05, 0) is 24.2 Å². The number of carbonyl (C=O) groups is 1. The Morgan fingerprint density at radius 3 is 2.67 bits per heavy atom. The molecule has 1 rings (SSSR count). The molecule has 0 aromatic heterocycles. The fourth-order valence-electron chi connectivity index (χ4n) is 2.18. The first-order valence-electron chi connectivity index (χ1n) is 5.66. The van der Waals surface area contributed by atoms with Gasteiger partial charge < -0.3 is 4.90 Å². The van der Waals surface area contributed by atoms with Crippen molar-refractivity contribution in [3.63, 3.8) is 0 Å². The lowest BCUT2D eigenvalue weighted by Crippen LogP contribution is -2.30. The van der Waals surface area contributed by atoms with E-state index in [0.717, 1.165) is 19.4 Å². The Labute approximate surface area is 93.0 Å². The summed E-state index contributed by atoms with van der Waals surface area (Å²) in [6.07, 6.45) is 7.99. The molecule has 84 valence electrons. The van der Waals surface area contributed by atoms with Crippen molar-refractivity contribution in [1.82, 2.24) is 4.90 Å². The van der Waals surface area contributed by atoms with Gasteiger partial charge in [-0.3, -0.25) is 4.79 Å². The van der Waals surface area contributed by atoms with Gasteiger partial charge in [0.1, 0.15) is 0 Å². The van der Waals surface area contributed by atoms with Gasteiger partial charge in [0.2, 0.25) is 5.91 Å². The maximum atomic E-state index is 11.7. The van der Waals surface area contributed by atoms with Crippen molar-refractivity contribution in [3.05, 3.63) is 0 Å². The maximum Gasteiger partial charge on any atom is 0.223 e. The van der Waals surface area contributed by atoms with Crippen LogP contribution in [0.5, 0.6) is 0 Å². The molecule has 1 aliphatic rings. The Morgan fingerprint density at radius 2 is 2.13 bits per heavy atom. The monoisotopic (exact) mass is 207 g/mol. The van der Waals surface area contributed by atoms with Gasteiger partial charge in [0.05, 0.1) is 6.54 Å². The molecule has 0 aliphatic carbocycles. The van der Waals surface area contributed by atoms with Crippen LogP contribution in [0.1, 0.15) is 40.0 Å². The lowest BCUT2D eigenvalue weighted by molar-refractivity contribution is -0.130. The molecule has 0 aromatic rings. The Balaban J connectivity index is 2.62. The minimum absolute atomic E-state index is 0.222. The molecule has 1 fully saturated rings. The molecule has 1 aliphatic heterocycles. The van der Waals surface area contributed by atoms with E-state index in [-0.39, 0.29) is 5.91 Å². The van der Waals surface area contributed by atoms with Crippen molar-refractivity contribution in [2.24, 2.45) is 11.3 Å². The number of terminal acetylenes is 1. The largest absolute Gasteiger partial charge is 0.332 e. The molecule has 0 saturated carbocycles. The van der Waals surface area contributed by atoms with Crippen LogP contribution in [0.3, 0.4) is 0 Å². The van der Waals surface area contributed by atoms with E-state index in [4.69, 9.17) is 6.42 Å². The van der Waals surface area contributed by atoms with Gasteiger partial charge in [0.25, 0.3) is 0 Å². The van der Waals surface area contributed by atoms with Crippen molar-refractivity contribution in [2.75, 3.05) is 13.1 Å². The molecule has 2 heteroatoms. The predicted octanol–water partition coefficient (Wildman–Crippen LogP) is 2.29. The molecule has 0 N–H and O–H groups in total. The van der Waals surface area contributed by atoms with Gasteiger partial charge in [-0.15, -0.1) is 6.42 Å². The number of nitrogens with zero attached hydrogens (tertiary/aromatic N) is 1. The van der Waals surface area contributed by atoms with Gasteiger partial charge in [-0.1, -0.05) is 26.7 Å². The van der Waals surface area contributed by atoms with Gasteiger partial charge in [-0.25, -0.2) is 0 Å². The minimum atomic E-state index is 0.222. The number of amides is 1. The molecule has 2 nitrogen and oxygen atoms in total.